The summed E-state index contributed by atoms with van der Waals surface area (Å²) < 4.78 is 9.11. The minimum absolute atomic E-state index is 0.0870. The number of carbonyl (C=O) groups excluding carboxylic acids is 2. The summed E-state index contributed by atoms with van der Waals surface area (Å²) in [6.07, 6.45) is -0.504. The van der Waals surface area contributed by atoms with E-state index in [9.17, 15) is 24.8 Å². The van der Waals surface area contributed by atoms with Crippen LogP contribution in [0.25, 0.3) is 0 Å². The smallest absolute Gasteiger partial charge is 0.429 e. The molecule has 1 aromatic rings. The second-order valence-electron chi connectivity index (χ2n) is 4.74. The highest BCUT2D eigenvalue weighted by molar-refractivity contribution is 5.87. The molecular formula is C13H14N2O7. The number of hydrogen-bond acceptors (Lipinski definition) is 8. The van der Waals surface area contributed by atoms with E-state index in [0.29, 0.717) is 18.5 Å². The lowest BCUT2D eigenvalue weighted by Gasteiger charge is -2.19. The van der Waals surface area contributed by atoms with E-state index in [2.05, 4.69) is 10.1 Å². The fourth-order valence-electron chi connectivity index (χ4n) is 1.95. The molecule has 9 nitrogen and oxygen atoms in total. The first-order valence-electron chi connectivity index (χ1n) is 6.50. The van der Waals surface area contributed by atoms with E-state index in [1.54, 1.807) is 0 Å². The normalized spacial score (nSPS) is 20.4. The van der Waals surface area contributed by atoms with Gasteiger partial charge < -0.3 is 14.6 Å². The molecule has 0 radical (unpaired) electrons. The summed E-state index contributed by atoms with van der Waals surface area (Å²) in [5, 5.41) is 22.8. The summed E-state index contributed by atoms with van der Waals surface area (Å²) in [7, 11) is 0. The molecule has 1 aromatic carbocycles. The van der Waals surface area contributed by atoms with Crippen molar-refractivity contribution in [2.24, 2.45) is 0 Å². The standard InChI is InChI=1S/C13H14N2O7/c16-11(13(18)6-1-7-14-13)22-12(17)21-8-9-2-4-10(5-3-9)15(19)20/h2-5,14,18H,1,6-8H2/t13-/m0/s1. The third-order valence-electron chi connectivity index (χ3n) is 3.15. The zero-order valence-electron chi connectivity index (χ0n) is 11.5. The Kier molecular flexibility index (Phi) is 4.68. The molecule has 2 rings (SSSR count). The Bertz CT molecular complexity index is 579. The molecular weight excluding hydrogens is 296 g/mol. The number of carbonyl (C=O) groups is 2. The van der Waals surface area contributed by atoms with Gasteiger partial charge in [0.2, 0.25) is 5.72 Å². The minimum Gasteiger partial charge on any atom is -0.429 e. The van der Waals surface area contributed by atoms with Gasteiger partial charge in [0.1, 0.15) is 6.61 Å². The number of nitro benzene ring substituents is 1. The molecule has 0 spiro atoms. The summed E-state index contributed by atoms with van der Waals surface area (Å²) in [5.74, 6) is -1.11. The van der Waals surface area contributed by atoms with E-state index < -0.39 is 22.8 Å². The molecule has 1 aliphatic heterocycles. The highest BCUT2D eigenvalue weighted by atomic mass is 16.7. The van der Waals surface area contributed by atoms with Crippen molar-refractivity contribution < 1.29 is 29.1 Å². The molecule has 0 aromatic heterocycles. The van der Waals surface area contributed by atoms with Gasteiger partial charge in [-0.05, 0) is 30.7 Å². The number of esters is 1. The molecule has 0 bridgehead atoms. The van der Waals surface area contributed by atoms with Crippen LogP contribution in [0.4, 0.5) is 10.5 Å². The first kappa shape index (κ1) is 15.9. The van der Waals surface area contributed by atoms with Crippen molar-refractivity contribution in [1.29, 1.82) is 0 Å². The van der Waals surface area contributed by atoms with Gasteiger partial charge in [0, 0.05) is 18.6 Å². The molecule has 0 amide bonds. The summed E-state index contributed by atoms with van der Waals surface area (Å²) in [6, 6.07) is 5.36. The lowest BCUT2D eigenvalue weighted by molar-refractivity contribution is -0.384. The summed E-state index contributed by atoms with van der Waals surface area (Å²) in [6.45, 7) is 0.236. The Morgan fingerprint density at radius 1 is 1.36 bits per heavy atom. The van der Waals surface area contributed by atoms with Gasteiger partial charge in [-0.3, -0.25) is 15.4 Å². The second kappa shape index (κ2) is 6.50. The van der Waals surface area contributed by atoms with Crippen molar-refractivity contribution in [3.05, 3.63) is 39.9 Å². The molecule has 1 heterocycles. The number of benzene rings is 1. The molecule has 0 aliphatic carbocycles. The van der Waals surface area contributed by atoms with Crippen LogP contribution in [0.15, 0.2) is 24.3 Å². The Balaban J connectivity index is 1.82. The van der Waals surface area contributed by atoms with Crippen molar-refractivity contribution in [1.82, 2.24) is 5.32 Å². The number of nitro groups is 1. The van der Waals surface area contributed by atoms with E-state index in [1.807, 2.05) is 0 Å². The maximum Gasteiger partial charge on any atom is 0.516 e. The van der Waals surface area contributed by atoms with Gasteiger partial charge in [-0.25, -0.2) is 9.59 Å². The Morgan fingerprint density at radius 3 is 2.59 bits per heavy atom. The average Bonchev–Trinajstić information content (AvgIpc) is 2.94. The van der Waals surface area contributed by atoms with E-state index in [1.165, 1.54) is 24.3 Å². The van der Waals surface area contributed by atoms with E-state index >= 15 is 0 Å². The predicted octanol–water partition coefficient (Wildman–Crippen LogP) is 0.847. The van der Waals surface area contributed by atoms with Crippen molar-refractivity contribution in [3.8, 4) is 0 Å². The number of non-ortho nitro benzene ring substituents is 1. The first-order chi connectivity index (χ1) is 10.4. The minimum atomic E-state index is -1.85. The molecule has 1 atom stereocenters. The lowest BCUT2D eigenvalue weighted by atomic mass is 10.2. The molecule has 118 valence electrons. The van der Waals surface area contributed by atoms with Crippen LogP contribution in [0.5, 0.6) is 0 Å². The molecule has 0 unspecified atom stereocenters. The lowest BCUT2D eigenvalue weighted by Crippen LogP contribution is -2.49. The van der Waals surface area contributed by atoms with Crippen LogP contribution >= 0.6 is 0 Å². The fourth-order valence-corrected chi connectivity index (χ4v) is 1.95. The van der Waals surface area contributed by atoms with Gasteiger partial charge in [-0.2, -0.15) is 0 Å². The molecule has 9 heteroatoms. The van der Waals surface area contributed by atoms with Crippen molar-refractivity contribution in [3.63, 3.8) is 0 Å². The van der Waals surface area contributed by atoms with Gasteiger partial charge in [-0.1, -0.05) is 0 Å². The van der Waals surface area contributed by atoms with Gasteiger partial charge >= 0.3 is 12.1 Å². The van der Waals surface area contributed by atoms with E-state index in [-0.39, 0.29) is 18.7 Å². The topological polar surface area (TPSA) is 128 Å². The number of aliphatic hydroxyl groups is 1. The molecule has 1 fully saturated rings. The number of hydrogen-bond donors (Lipinski definition) is 2. The zero-order chi connectivity index (χ0) is 16.2. The van der Waals surface area contributed by atoms with Gasteiger partial charge in [-0.15, -0.1) is 0 Å². The van der Waals surface area contributed by atoms with Gasteiger partial charge in [0.05, 0.1) is 4.92 Å². The SMILES string of the molecule is O=C(OCc1ccc([N+](=O)[O-])cc1)OC(=O)[C@@]1(O)CCCN1. The van der Waals surface area contributed by atoms with Gasteiger partial charge in [0.25, 0.3) is 5.69 Å². The molecule has 22 heavy (non-hydrogen) atoms. The van der Waals surface area contributed by atoms with Crippen LogP contribution in [-0.4, -0.2) is 34.4 Å². The van der Waals surface area contributed by atoms with Crippen LogP contribution < -0.4 is 5.32 Å². The summed E-state index contributed by atoms with van der Waals surface area (Å²) in [4.78, 5) is 32.9. The van der Waals surface area contributed by atoms with Gasteiger partial charge in [0.15, 0.2) is 0 Å². The summed E-state index contributed by atoms with van der Waals surface area (Å²) in [5.41, 5.74) is -1.45. The molecule has 1 saturated heterocycles. The van der Waals surface area contributed by atoms with E-state index in [0.717, 1.165) is 0 Å². The fraction of sp³-hybridized carbons (Fsp3) is 0.385. The largest absolute Gasteiger partial charge is 0.516 e. The quantitative estimate of drug-likeness (QED) is 0.362. The highest BCUT2D eigenvalue weighted by Gasteiger charge is 2.41. The summed E-state index contributed by atoms with van der Waals surface area (Å²) >= 11 is 0. The van der Waals surface area contributed by atoms with Crippen molar-refractivity contribution >= 4 is 17.8 Å². The number of rotatable bonds is 4. The molecule has 0 saturated carbocycles. The maximum atomic E-state index is 11.6. The third-order valence-corrected chi connectivity index (χ3v) is 3.15. The third kappa shape index (κ3) is 3.77. The second-order valence-corrected chi connectivity index (χ2v) is 4.74. The molecule has 2 N–H and O–H groups in total. The monoisotopic (exact) mass is 310 g/mol. The number of nitrogens with one attached hydrogen (secondary N) is 1. The number of nitrogens with zero attached hydrogens (tertiary/aromatic N) is 1. The predicted molar refractivity (Wildman–Crippen MR) is 71.6 cm³/mol. The first-order valence-corrected chi connectivity index (χ1v) is 6.50. The average molecular weight is 310 g/mol. The highest BCUT2D eigenvalue weighted by Crippen LogP contribution is 2.18. The van der Waals surface area contributed by atoms with Crippen molar-refractivity contribution in [2.45, 2.75) is 25.2 Å². The van der Waals surface area contributed by atoms with E-state index in [4.69, 9.17) is 4.74 Å². The Labute approximate surface area is 125 Å². The van der Waals surface area contributed by atoms with Crippen LogP contribution in [0, 0.1) is 10.1 Å². The number of ether oxygens (including phenoxy) is 2. The Morgan fingerprint density at radius 2 is 2.05 bits per heavy atom. The van der Waals surface area contributed by atoms with Crippen LogP contribution in [0.3, 0.4) is 0 Å². The Hall–Kier alpha value is -2.52. The van der Waals surface area contributed by atoms with Crippen LogP contribution in [0.1, 0.15) is 18.4 Å². The zero-order valence-corrected chi connectivity index (χ0v) is 11.5. The molecule has 1 aliphatic rings. The van der Waals surface area contributed by atoms with Crippen molar-refractivity contribution in [2.75, 3.05) is 6.54 Å². The van der Waals surface area contributed by atoms with Crippen LogP contribution in [0.2, 0.25) is 0 Å². The maximum absolute atomic E-state index is 11.6. The van der Waals surface area contributed by atoms with Crippen LogP contribution in [-0.2, 0) is 20.9 Å².